The van der Waals surface area contributed by atoms with E-state index in [0.717, 1.165) is 31.2 Å². The van der Waals surface area contributed by atoms with Gasteiger partial charge in [0.2, 0.25) is 17.7 Å². The molecule has 1 saturated carbocycles. The van der Waals surface area contributed by atoms with Crippen LogP contribution in [-0.2, 0) is 20.9 Å². The molecule has 0 unspecified atom stereocenters. The zero-order valence-corrected chi connectivity index (χ0v) is 14.4. The molecule has 0 spiro atoms. The Hall–Kier alpha value is -1.88. The van der Waals surface area contributed by atoms with E-state index in [1.54, 1.807) is 13.0 Å². The number of nitrogens with one attached hydrogen (secondary N) is 1. The number of benzene rings is 1. The van der Waals surface area contributed by atoms with Gasteiger partial charge in [0, 0.05) is 11.6 Å². The third-order valence-corrected chi connectivity index (χ3v) is 5.42. The molecule has 1 aliphatic heterocycles. The molecule has 128 valence electrons. The van der Waals surface area contributed by atoms with Crippen molar-refractivity contribution >= 4 is 29.3 Å². The maximum absolute atomic E-state index is 12.5. The first-order chi connectivity index (χ1) is 11.5. The van der Waals surface area contributed by atoms with Crippen LogP contribution in [0.4, 0.5) is 0 Å². The Morgan fingerprint density at radius 2 is 1.79 bits per heavy atom. The van der Waals surface area contributed by atoms with Crippen LogP contribution in [0, 0.1) is 11.8 Å². The fourth-order valence-corrected chi connectivity index (χ4v) is 3.86. The number of hydrogen-bond donors (Lipinski definition) is 1. The number of amides is 3. The molecular formula is C18H21ClN2O3. The van der Waals surface area contributed by atoms with E-state index in [4.69, 9.17) is 11.6 Å². The van der Waals surface area contributed by atoms with Crippen molar-refractivity contribution in [2.45, 2.75) is 45.2 Å². The normalized spacial score (nSPS) is 24.7. The van der Waals surface area contributed by atoms with Crippen molar-refractivity contribution in [3.05, 3.63) is 34.9 Å². The Kier molecular flexibility index (Phi) is 4.90. The molecule has 1 heterocycles. The topological polar surface area (TPSA) is 66.5 Å². The number of halogens is 1. The molecule has 0 aromatic heterocycles. The molecule has 1 aromatic carbocycles. The molecule has 3 rings (SSSR count). The number of imide groups is 1. The summed E-state index contributed by atoms with van der Waals surface area (Å²) < 4.78 is 0. The minimum absolute atomic E-state index is 0.190. The van der Waals surface area contributed by atoms with Crippen LogP contribution < -0.4 is 5.32 Å². The summed E-state index contributed by atoms with van der Waals surface area (Å²) in [6.07, 6.45) is 3.45. The zero-order valence-electron chi connectivity index (χ0n) is 13.6. The van der Waals surface area contributed by atoms with Crippen LogP contribution in [0.2, 0.25) is 5.02 Å². The Morgan fingerprint density at radius 3 is 2.38 bits per heavy atom. The first-order valence-corrected chi connectivity index (χ1v) is 8.76. The molecule has 0 radical (unpaired) electrons. The average molecular weight is 349 g/mol. The molecule has 2 aliphatic rings. The van der Waals surface area contributed by atoms with Crippen molar-refractivity contribution in [3.63, 3.8) is 0 Å². The Bertz CT molecular complexity index is 652. The fraction of sp³-hybridized carbons (Fsp3) is 0.500. The lowest BCUT2D eigenvalue weighted by molar-refractivity contribution is -0.147. The van der Waals surface area contributed by atoms with E-state index in [0.29, 0.717) is 5.02 Å². The van der Waals surface area contributed by atoms with Gasteiger partial charge in [-0.15, -0.1) is 0 Å². The number of rotatable bonds is 4. The summed E-state index contributed by atoms with van der Waals surface area (Å²) in [4.78, 5) is 38.6. The maximum atomic E-state index is 12.5. The molecule has 2 fully saturated rings. The molecule has 0 bridgehead atoms. The van der Waals surface area contributed by atoms with Gasteiger partial charge in [0.25, 0.3) is 0 Å². The van der Waals surface area contributed by atoms with E-state index in [-0.39, 0.29) is 36.1 Å². The quantitative estimate of drug-likeness (QED) is 0.850. The third kappa shape index (κ3) is 3.05. The summed E-state index contributed by atoms with van der Waals surface area (Å²) in [5.74, 6) is -1.18. The third-order valence-electron chi connectivity index (χ3n) is 5.05. The Labute approximate surface area is 146 Å². The van der Waals surface area contributed by atoms with Crippen molar-refractivity contribution in [2.24, 2.45) is 11.8 Å². The van der Waals surface area contributed by atoms with E-state index in [1.165, 1.54) is 4.90 Å². The minimum atomic E-state index is -0.793. The van der Waals surface area contributed by atoms with E-state index < -0.39 is 6.04 Å². The first-order valence-electron chi connectivity index (χ1n) is 8.38. The maximum Gasteiger partial charge on any atom is 0.243 e. The van der Waals surface area contributed by atoms with Gasteiger partial charge in [-0.3, -0.25) is 19.3 Å². The summed E-state index contributed by atoms with van der Waals surface area (Å²) in [7, 11) is 0. The highest BCUT2D eigenvalue weighted by atomic mass is 35.5. The van der Waals surface area contributed by atoms with Crippen LogP contribution in [-0.4, -0.2) is 28.7 Å². The summed E-state index contributed by atoms with van der Waals surface area (Å²) in [5.41, 5.74) is 0.799. The van der Waals surface area contributed by atoms with Gasteiger partial charge < -0.3 is 5.32 Å². The smallest absolute Gasteiger partial charge is 0.243 e. The van der Waals surface area contributed by atoms with Gasteiger partial charge >= 0.3 is 0 Å². The summed E-state index contributed by atoms with van der Waals surface area (Å²) >= 11 is 6.07. The molecule has 3 amide bonds. The van der Waals surface area contributed by atoms with Crippen LogP contribution in [0.1, 0.15) is 38.2 Å². The van der Waals surface area contributed by atoms with Crippen LogP contribution >= 0.6 is 11.6 Å². The van der Waals surface area contributed by atoms with Gasteiger partial charge in [-0.05, 0) is 31.4 Å². The molecule has 3 atom stereocenters. The van der Waals surface area contributed by atoms with Crippen molar-refractivity contribution < 1.29 is 14.4 Å². The minimum Gasteiger partial charge on any atom is -0.350 e. The van der Waals surface area contributed by atoms with Gasteiger partial charge in [0.15, 0.2) is 0 Å². The van der Waals surface area contributed by atoms with Crippen LogP contribution in [0.25, 0.3) is 0 Å². The molecule has 1 saturated heterocycles. The number of likely N-dealkylation sites (tertiary alicyclic amines) is 1. The number of nitrogens with zero attached hydrogens (tertiary/aromatic N) is 1. The summed E-state index contributed by atoms with van der Waals surface area (Å²) in [6, 6.07) is 6.45. The standard InChI is InChI=1S/C18H21ClN2O3/c1-11(16(22)20-10-12-6-2-5-9-15(12)19)21-17(23)13-7-3-4-8-14(13)18(21)24/h2,5-6,9,11,13-14H,3-4,7-8,10H2,1H3,(H,20,22)/t11-,13+,14+/m0/s1. The monoisotopic (exact) mass is 348 g/mol. The highest BCUT2D eigenvalue weighted by molar-refractivity contribution is 6.31. The molecule has 1 N–H and O–H groups in total. The van der Waals surface area contributed by atoms with Crippen LogP contribution in [0.15, 0.2) is 24.3 Å². The molecule has 1 aromatic rings. The van der Waals surface area contributed by atoms with Crippen molar-refractivity contribution in [3.8, 4) is 0 Å². The Balaban J connectivity index is 1.66. The lowest BCUT2D eigenvalue weighted by Gasteiger charge is -2.22. The largest absolute Gasteiger partial charge is 0.350 e. The average Bonchev–Trinajstić information content (AvgIpc) is 2.85. The van der Waals surface area contributed by atoms with E-state index >= 15 is 0 Å². The predicted molar refractivity (Wildman–Crippen MR) is 90.1 cm³/mol. The van der Waals surface area contributed by atoms with Crippen LogP contribution in [0.5, 0.6) is 0 Å². The number of fused-ring (bicyclic) bond motifs is 1. The first kappa shape index (κ1) is 17.0. The fourth-order valence-electron chi connectivity index (χ4n) is 3.66. The summed E-state index contributed by atoms with van der Waals surface area (Å²) in [6.45, 7) is 1.88. The van der Waals surface area contributed by atoms with Crippen molar-refractivity contribution in [2.75, 3.05) is 0 Å². The van der Waals surface area contributed by atoms with Crippen molar-refractivity contribution in [1.29, 1.82) is 0 Å². The Morgan fingerprint density at radius 1 is 1.21 bits per heavy atom. The molecule has 5 nitrogen and oxygen atoms in total. The highest BCUT2D eigenvalue weighted by Crippen LogP contribution is 2.38. The van der Waals surface area contributed by atoms with Gasteiger partial charge in [-0.1, -0.05) is 42.6 Å². The molecule has 6 heteroatoms. The second-order valence-electron chi connectivity index (χ2n) is 6.53. The summed E-state index contributed by atoms with van der Waals surface area (Å²) in [5, 5.41) is 3.34. The van der Waals surface area contributed by atoms with E-state index in [2.05, 4.69) is 5.32 Å². The van der Waals surface area contributed by atoms with Gasteiger partial charge in [-0.25, -0.2) is 0 Å². The number of carbonyl (C=O) groups is 3. The lowest BCUT2D eigenvalue weighted by Crippen LogP contribution is -2.48. The second-order valence-corrected chi connectivity index (χ2v) is 6.94. The van der Waals surface area contributed by atoms with Gasteiger partial charge in [0.05, 0.1) is 11.8 Å². The number of hydrogen-bond acceptors (Lipinski definition) is 3. The van der Waals surface area contributed by atoms with Crippen LogP contribution in [0.3, 0.4) is 0 Å². The number of carbonyl (C=O) groups excluding carboxylic acids is 3. The molecule has 1 aliphatic carbocycles. The highest BCUT2D eigenvalue weighted by Gasteiger charge is 2.50. The van der Waals surface area contributed by atoms with E-state index in [9.17, 15) is 14.4 Å². The second kappa shape index (κ2) is 6.93. The van der Waals surface area contributed by atoms with Gasteiger partial charge in [0.1, 0.15) is 6.04 Å². The predicted octanol–water partition coefficient (Wildman–Crippen LogP) is 2.52. The molecule has 24 heavy (non-hydrogen) atoms. The zero-order chi connectivity index (χ0) is 17.3. The van der Waals surface area contributed by atoms with Crippen molar-refractivity contribution in [1.82, 2.24) is 10.2 Å². The lowest BCUT2D eigenvalue weighted by atomic mass is 9.81. The van der Waals surface area contributed by atoms with E-state index in [1.807, 2.05) is 18.2 Å². The van der Waals surface area contributed by atoms with Gasteiger partial charge in [-0.2, -0.15) is 0 Å². The molecular weight excluding hydrogens is 328 g/mol. The SMILES string of the molecule is C[C@@H](C(=O)NCc1ccccc1Cl)N1C(=O)[C@@H]2CCCC[C@H]2C1=O.